The molecule has 1 atom stereocenters. The molecule has 0 spiro atoms. The van der Waals surface area contributed by atoms with Crippen LogP contribution in [0.3, 0.4) is 0 Å². The number of carbonyl (C=O) groups is 3. The fraction of sp³-hybridized carbons (Fsp3) is 0.346. The zero-order valence-electron chi connectivity index (χ0n) is 19.3. The lowest BCUT2D eigenvalue weighted by Gasteiger charge is -2.50. The van der Waals surface area contributed by atoms with Gasteiger partial charge in [-0.25, -0.2) is 0 Å². The third-order valence-corrected chi connectivity index (χ3v) is 6.53. The minimum atomic E-state index is -1.03. The Balaban J connectivity index is 1.52. The van der Waals surface area contributed by atoms with Crippen LogP contribution in [0.5, 0.6) is 0 Å². The van der Waals surface area contributed by atoms with Crippen LogP contribution in [0.25, 0.3) is 11.0 Å². The summed E-state index contributed by atoms with van der Waals surface area (Å²) in [4.78, 5) is 42.2. The number of carbonyl (C=O) groups excluding carboxylic acids is 3. The summed E-state index contributed by atoms with van der Waals surface area (Å²) in [6.45, 7) is 4.19. The first-order chi connectivity index (χ1) is 16.3. The van der Waals surface area contributed by atoms with Crippen molar-refractivity contribution in [3.8, 4) is 0 Å². The van der Waals surface area contributed by atoms with Crippen molar-refractivity contribution >= 4 is 40.4 Å². The monoisotopic (exact) mass is 482 g/mol. The molecule has 2 aromatic carbocycles. The summed E-state index contributed by atoms with van der Waals surface area (Å²) in [5, 5.41) is 1.47. The zero-order valence-corrected chi connectivity index (χ0v) is 20.0. The fourth-order valence-corrected chi connectivity index (χ4v) is 4.45. The summed E-state index contributed by atoms with van der Waals surface area (Å²) < 4.78 is 10.6. The highest BCUT2D eigenvalue weighted by atomic mass is 35.5. The molecule has 4 rings (SSSR count). The maximum Gasteiger partial charge on any atom is 0.325 e. The minimum Gasteiger partial charge on any atom is -0.465 e. The highest BCUT2D eigenvalue weighted by molar-refractivity contribution is 6.30. The molecule has 2 amide bonds. The number of benzene rings is 2. The van der Waals surface area contributed by atoms with Gasteiger partial charge in [0.05, 0.1) is 19.3 Å². The molecule has 0 N–H and O–H groups in total. The Bertz CT molecular complexity index is 1210. The molecule has 2 heterocycles. The Morgan fingerprint density at radius 3 is 2.56 bits per heavy atom. The van der Waals surface area contributed by atoms with Gasteiger partial charge in [0.1, 0.15) is 17.7 Å². The highest BCUT2D eigenvalue weighted by Crippen LogP contribution is 2.34. The molecular weight excluding hydrogens is 456 g/mol. The quantitative estimate of drug-likeness (QED) is 0.449. The number of hydrogen-bond donors (Lipinski definition) is 0. The van der Waals surface area contributed by atoms with Crippen LogP contribution < -0.4 is 0 Å². The van der Waals surface area contributed by atoms with Gasteiger partial charge in [0.15, 0.2) is 0 Å². The summed E-state index contributed by atoms with van der Waals surface area (Å²) in [6.07, 6.45) is 2.24. The molecule has 0 radical (unpaired) electrons. The van der Waals surface area contributed by atoms with E-state index < -0.39 is 11.5 Å². The van der Waals surface area contributed by atoms with Gasteiger partial charge in [-0.3, -0.25) is 14.4 Å². The summed E-state index contributed by atoms with van der Waals surface area (Å²) >= 11 is 5.98. The predicted molar refractivity (Wildman–Crippen MR) is 128 cm³/mol. The first kappa shape index (κ1) is 23.8. The second-order valence-corrected chi connectivity index (χ2v) is 9.03. The number of amides is 2. The first-order valence-electron chi connectivity index (χ1n) is 11.3. The molecule has 0 aliphatic carbocycles. The topological polar surface area (TPSA) is 80.1 Å². The number of halogens is 1. The van der Waals surface area contributed by atoms with E-state index in [2.05, 4.69) is 0 Å². The van der Waals surface area contributed by atoms with Crippen LogP contribution >= 0.6 is 11.6 Å². The molecule has 1 unspecified atom stereocenters. The fourth-order valence-electron chi connectivity index (χ4n) is 4.32. The lowest BCUT2D eigenvalue weighted by molar-refractivity contribution is -0.166. The largest absolute Gasteiger partial charge is 0.465 e. The summed E-state index contributed by atoms with van der Waals surface area (Å²) in [7, 11) is 0. The van der Waals surface area contributed by atoms with Crippen molar-refractivity contribution in [2.24, 2.45) is 0 Å². The van der Waals surface area contributed by atoms with E-state index in [0.717, 1.165) is 22.1 Å². The molecule has 1 saturated heterocycles. The molecule has 0 saturated carbocycles. The number of hydrogen-bond acceptors (Lipinski definition) is 5. The Morgan fingerprint density at radius 1 is 1.15 bits per heavy atom. The second-order valence-electron chi connectivity index (χ2n) is 8.60. The maximum atomic E-state index is 13.7. The number of para-hydroxylation sites is 1. The second kappa shape index (κ2) is 9.89. The van der Waals surface area contributed by atoms with E-state index in [4.69, 9.17) is 20.8 Å². The molecule has 0 bridgehead atoms. The number of likely N-dealkylation sites (tertiary alicyclic amines) is 1. The molecule has 8 heteroatoms. The molecule has 34 heavy (non-hydrogen) atoms. The van der Waals surface area contributed by atoms with Crippen molar-refractivity contribution in [1.29, 1.82) is 0 Å². The van der Waals surface area contributed by atoms with Crippen LogP contribution in [0.1, 0.15) is 31.4 Å². The van der Waals surface area contributed by atoms with Crippen LogP contribution in [0.4, 0.5) is 0 Å². The summed E-state index contributed by atoms with van der Waals surface area (Å²) in [6, 6.07) is 14.6. The van der Waals surface area contributed by atoms with Gasteiger partial charge in [0, 0.05) is 29.1 Å². The normalized spacial score (nSPS) is 17.3. The van der Waals surface area contributed by atoms with E-state index in [9.17, 15) is 14.4 Å². The van der Waals surface area contributed by atoms with E-state index in [1.807, 2.05) is 36.4 Å². The van der Waals surface area contributed by atoms with Crippen LogP contribution in [0.2, 0.25) is 5.02 Å². The van der Waals surface area contributed by atoms with Crippen molar-refractivity contribution in [1.82, 2.24) is 9.80 Å². The standard InChI is InChI=1S/C26H27ClN2O5/c1-3-33-24(31)16-28(15-18-8-10-20(27)11-9-18)25(32)26(2)12-13-29(26)23(30)14-19-17-34-22-7-5-4-6-21(19)22/h4-11,17H,3,12-16H2,1-2H3. The minimum absolute atomic E-state index is 0.134. The third kappa shape index (κ3) is 4.80. The predicted octanol–water partition coefficient (Wildman–Crippen LogP) is 4.21. The van der Waals surface area contributed by atoms with Gasteiger partial charge >= 0.3 is 5.97 Å². The van der Waals surface area contributed by atoms with Gasteiger partial charge in [-0.2, -0.15) is 0 Å². The summed E-state index contributed by atoms with van der Waals surface area (Å²) in [5.41, 5.74) is 1.30. The molecule has 7 nitrogen and oxygen atoms in total. The smallest absolute Gasteiger partial charge is 0.325 e. The van der Waals surface area contributed by atoms with Crippen molar-refractivity contribution in [2.45, 2.75) is 38.8 Å². The molecule has 1 aliphatic heterocycles. The van der Waals surface area contributed by atoms with Crippen LogP contribution in [0.15, 0.2) is 59.2 Å². The number of fused-ring (bicyclic) bond motifs is 1. The van der Waals surface area contributed by atoms with Gasteiger partial charge in [0.25, 0.3) is 0 Å². The van der Waals surface area contributed by atoms with Gasteiger partial charge in [-0.1, -0.05) is 41.9 Å². The molecule has 1 fully saturated rings. The van der Waals surface area contributed by atoms with E-state index in [-0.39, 0.29) is 37.9 Å². The zero-order chi connectivity index (χ0) is 24.3. The molecule has 1 aliphatic rings. The van der Waals surface area contributed by atoms with Crippen molar-refractivity contribution in [3.63, 3.8) is 0 Å². The van der Waals surface area contributed by atoms with Crippen molar-refractivity contribution in [2.75, 3.05) is 19.7 Å². The number of rotatable bonds is 8. The van der Waals surface area contributed by atoms with Gasteiger partial charge < -0.3 is 19.0 Å². The number of nitrogens with zero attached hydrogens (tertiary/aromatic N) is 2. The van der Waals surface area contributed by atoms with Crippen LogP contribution in [-0.2, 0) is 32.1 Å². The number of ether oxygens (including phenoxy) is 1. The lowest BCUT2D eigenvalue weighted by atomic mass is 9.84. The van der Waals surface area contributed by atoms with Gasteiger partial charge in [-0.15, -0.1) is 0 Å². The van der Waals surface area contributed by atoms with Crippen molar-refractivity contribution < 1.29 is 23.5 Å². The SMILES string of the molecule is CCOC(=O)CN(Cc1ccc(Cl)cc1)C(=O)C1(C)CCN1C(=O)Cc1coc2ccccc12. The first-order valence-corrected chi connectivity index (χ1v) is 11.6. The maximum absolute atomic E-state index is 13.7. The number of esters is 1. The summed E-state index contributed by atoms with van der Waals surface area (Å²) in [5.74, 6) is -0.932. The van der Waals surface area contributed by atoms with E-state index in [1.54, 1.807) is 37.1 Å². The van der Waals surface area contributed by atoms with E-state index >= 15 is 0 Å². The van der Waals surface area contributed by atoms with E-state index in [1.165, 1.54) is 4.90 Å². The van der Waals surface area contributed by atoms with E-state index in [0.29, 0.717) is 18.0 Å². The molecular formula is C26H27ClN2O5. The Morgan fingerprint density at radius 2 is 1.88 bits per heavy atom. The molecule has 178 valence electrons. The Kier molecular flexibility index (Phi) is 6.93. The third-order valence-electron chi connectivity index (χ3n) is 6.28. The van der Waals surface area contributed by atoms with Crippen molar-refractivity contribution in [3.05, 3.63) is 70.9 Å². The average Bonchev–Trinajstić information content (AvgIpc) is 3.21. The Hall–Kier alpha value is -3.32. The lowest BCUT2D eigenvalue weighted by Crippen LogP contribution is -2.68. The molecule has 3 aromatic rings. The Labute approximate surface area is 203 Å². The number of furan rings is 1. The van der Waals surface area contributed by atoms with Gasteiger partial charge in [-0.05, 0) is 44.0 Å². The van der Waals surface area contributed by atoms with Crippen LogP contribution in [-0.4, -0.2) is 52.8 Å². The van der Waals surface area contributed by atoms with Gasteiger partial charge in [0.2, 0.25) is 11.8 Å². The molecule has 1 aromatic heterocycles. The van der Waals surface area contributed by atoms with Crippen LogP contribution in [0, 0.1) is 0 Å². The average molecular weight is 483 g/mol. The highest BCUT2D eigenvalue weighted by Gasteiger charge is 2.51.